The van der Waals surface area contributed by atoms with Crippen molar-refractivity contribution in [3.05, 3.63) is 107 Å². The minimum atomic E-state index is -3.89. The van der Waals surface area contributed by atoms with Gasteiger partial charge in [-0.15, -0.1) is 0 Å². The number of rotatable bonds is 10. The molecule has 0 radical (unpaired) electrons. The summed E-state index contributed by atoms with van der Waals surface area (Å²) in [6, 6.07) is 6.31. The summed E-state index contributed by atoms with van der Waals surface area (Å²) in [5.41, 5.74) is -1.33. The fraction of sp³-hybridized carbons (Fsp3) is 0.214. The van der Waals surface area contributed by atoms with E-state index in [-0.39, 0.29) is 35.1 Å². The van der Waals surface area contributed by atoms with Crippen molar-refractivity contribution in [1.82, 2.24) is 0 Å². The first-order valence-electron chi connectivity index (χ1n) is 11.4. The molecule has 0 N–H and O–H groups in total. The van der Waals surface area contributed by atoms with E-state index in [0.717, 1.165) is 24.3 Å². The van der Waals surface area contributed by atoms with Gasteiger partial charge in [-0.2, -0.15) is 8.78 Å². The van der Waals surface area contributed by atoms with Crippen LogP contribution in [0.3, 0.4) is 0 Å². The van der Waals surface area contributed by atoms with Gasteiger partial charge in [-0.3, -0.25) is 0 Å². The van der Waals surface area contributed by atoms with Gasteiger partial charge in [0.1, 0.15) is 23.2 Å². The molecule has 0 aliphatic carbocycles. The van der Waals surface area contributed by atoms with E-state index in [1.54, 1.807) is 19.1 Å². The van der Waals surface area contributed by atoms with E-state index in [4.69, 9.17) is 0 Å². The van der Waals surface area contributed by atoms with E-state index in [1.807, 2.05) is 0 Å². The molecule has 3 aromatic rings. The number of benzene rings is 3. The third-order valence-corrected chi connectivity index (χ3v) is 5.50. The highest BCUT2D eigenvalue weighted by Crippen LogP contribution is 2.33. The number of ether oxygens (including phenoxy) is 1. The summed E-state index contributed by atoms with van der Waals surface area (Å²) < 4.78 is 130. The Hall–Kier alpha value is -3.69. The molecular weight excluding hydrogens is 523 g/mol. The Morgan fingerprint density at radius 3 is 2.13 bits per heavy atom. The van der Waals surface area contributed by atoms with Crippen molar-refractivity contribution in [2.24, 2.45) is 0 Å². The smallest absolute Gasteiger partial charge is 0.398 e. The third-order valence-electron chi connectivity index (χ3n) is 5.50. The summed E-state index contributed by atoms with van der Waals surface area (Å²) in [6.45, 7) is 1.72. The molecule has 3 rings (SSSR count). The Morgan fingerprint density at radius 1 is 0.842 bits per heavy atom. The highest BCUT2D eigenvalue weighted by molar-refractivity contribution is 5.65. The van der Waals surface area contributed by atoms with E-state index in [1.165, 1.54) is 0 Å². The van der Waals surface area contributed by atoms with Crippen molar-refractivity contribution < 1.29 is 44.3 Å². The van der Waals surface area contributed by atoms with Gasteiger partial charge in [0, 0.05) is 23.6 Å². The van der Waals surface area contributed by atoms with Crippen molar-refractivity contribution in [2.45, 2.75) is 38.7 Å². The van der Waals surface area contributed by atoms with Crippen molar-refractivity contribution in [2.75, 3.05) is 0 Å². The van der Waals surface area contributed by atoms with Gasteiger partial charge >= 0.3 is 6.11 Å². The third kappa shape index (κ3) is 7.20. The summed E-state index contributed by atoms with van der Waals surface area (Å²) in [4.78, 5) is 0. The van der Waals surface area contributed by atoms with Crippen LogP contribution in [0.5, 0.6) is 5.75 Å². The quantitative estimate of drug-likeness (QED) is 0.140. The van der Waals surface area contributed by atoms with Gasteiger partial charge < -0.3 is 4.74 Å². The average molecular weight is 544 g/mol. The van der Waals surface area contributed by atoms with Gasteiger partial charge in [0.15, 0.2) is 23.3 Å². The fourth-order valence-corrected chi connectivity index (χ4v) is 3.54. The molecule has 202 valence electrons. The maximum Gasteiger partial charge on any atom is 0.398 e. The Morgan fingerprint density at radius 2 is 1.53 bits per heavy atom. The molecule has 0 unspecified atom stereocenters. The molecule has 0 aliphatic rings. The standard InChI is InChI=1S/C28H21F9O/c1-2-3-4-5-21(29)26(34)17-7-6-16(22(30)12-17)10-11-28(36,37)38-19-8-9-20(23(31)15-19)18-13-24(32)27(35)25(33)14-18/h2-3,6-9,12-15H,4-5,10-11H2,1H3. The van der Waals surface area contributed by atoms with E-state index in [2.05, 4.69) is 4.74 Å². The van der Waals surface area contributed by atoms with E-state index in [9.17, 15) is 39.5 Å². The second kappa shape index (κ2) is 12.2. The van der Waals surface area contributed by atoms with Crippen molar-refractivity contribution in [3.63, 3.8) is 0 Å². The highest BCUT2D eigenvalue weighted by Gasteiger charge is 2.32. The average Bonchev–Trinajstić information content (AvgIpc) is 2.85. The lowest BCUT2D eigenvalue weighted by Gasteiger charge is -2.19. The SMILES string of the molecule is CC=CCCC(F)=C(F)c1ccc(CCC(F)(F)Oc2ccc(-c3cc(F)c(F)c(F)c3)c(F)c2)c(F)c1. The van der Waals surface area contributed by atoms with Crippen LogP contribution in [0.2, 0.25) is 0 Å². The lowest BCUT2D eigenvalue weighted by molar-refractivity contribution is -0.180. The number of hydrogen-bond acceptors (Lipinski definition) is 1. The van der Waals surface area contributed by atoms with Crippen LogP contribution in [0.4, 0.5) is 39.5 Å². The molecule has 38 heavy (non-hydrogen) atoms. The number of alkyl halides is 2. The molecule has 0 saturated carbocycles. The Bertz CT molecular complexity index is 1340. The van der Waals surface area contributed by atoms with Gasteiger partial charge in [0.05, 0.1) is 6.42 Å². The Kier molecular flexibility index (Phi) is 9.30. The molecular formula is C28H21F9O. The zero-order chi connectivity index (χ0) is 28.0. The Labute approximate surface area is 212 Å². The van der Waals surface area contributed by atoms with Crippen LogP contribution in [-0.2, 0) is 6.42 Å². The number of halogens is 9. The second-order valence-electron chi connectivity index (χ2n) is 8.27. The second-order valence-corrected chi connectivity index (χ2v) is 8.27. The first-order chi connectivity index (χ1) is 17.9. The summed E-state index contributed by atoms with van der Waals surface area (Å²) in [6.07, 6.45) is -2.15. The lowest BCUT2D eigenvalue weighted by atomic mass is 10.0. The summed E-state index contributed by atoms with van der Waals surface area (Å²) in [5.74, 6) is -9.99. The van der Waals surface area contributed by atoms with E-state index in [0.29, 0.717) is 24.3 Å². The van der Waals surface area contributed by atoms with Gasteiger partial charge in [-0.1, -0.05) is 24.3 Å². The van der Waals surface area contributed by atoms with Crippen LogP contribution >= 0.6 is 0 Å². The van der Waals surface area contributed by atoms with Crippen LogP contribution < -0.4 is 4.74 Å². The predicted octanol–water partition coefficient (Wildman–Crippen LogP) is 9.62. The van der Waals surface area contributed by atoms with Crippen molar-refractivity contribution >= 4 is 5.83 Å². The Balaban J connectivity index is 1.68. The molecule has 1 nitrogen and oxygen atoms in total. The van der Waals surface area contributed by atoms with Crippen LogP contribution in [0, 0.1) is 29.1 Å². The van der Waals surface area contributed by atoms with Crippen molar-refractivity contribution in [3.8, 4) is 16.9 Å². The van der Waals surface area contributed by atoms with Crippen molar-refractivity contribution in [1.29, 1.82) is 0 Å². The maximum absolute atomic E-state index is 14.4. The van der Waals surface area contributed by atoms with Crippen LogP contribution in [0.25, 0.3) is 17.0 Å². The lowest BCUT2D eigenvalue weighted by Crippen LogP contribution is -2.25. The zero-order valence-corrected chi connectivity index (χ0v) is 19.9. The monoisotopic (exact) mass is 544 g/mol. The molecule has 0 saturated heterocycles. The molecule has 0 heterocycles. The summed E-state index contributed by atoms with van der Waals surface area (Å²) in [5, 5.41) is 0. The van der Waals surface area contributed by atoms with Crippen LogP contribution in [0.1, 0.15) is 37.3 Å². The largest absolute Gasteiger partial charge is 0.432 e. The van der Waals surface area contributed by atoms with Gasteiger partial charge in [-0.25, -0.2) is 30.7 Å². The minimum Gasteiger partial charge on any atom is -0.432 e. The summed E-state index contributed by atoms with van der Waals surface area (Å²) in [7, 11) is 0. The normalized spacial score (nSPS) is 12.7. The minimum absolute atomic E-state index is 0.207. The van der Waals surface area contributed by atoms with E-state index < -0.39 is 65.4 Å². The van der Waals surface area contributed by atoms with Crippen LogP contribution in [-0.4, -0.2) is 6.11 Å². The predicted molar refractivity (Wildman–Crippen MR) is 125 cm³/mol. The molecule has 0 fully saturated rings. The topological polar surface area (TPSA) is 9.23 Å². The molecule has 0 aromatic heterocycles. The van der Waals surface area contributed by atoms with Gasteiger partial charge in [-0.05, 0) is 61.2 Å². The number of hydrogen-bond donors (Lipinski definition) is 0. The first kappa shape index (κ1) is 28.9. The molecule has 0 spiro atoms. The van der Waals surface area contributed by atoms with Gasteiger partial charge in [0.25, 0.3) is 0 Å². The number of allylic oxidation sites excluding steroid dienone is 3. The first-order valence-corrected chi connectivity index (χ1v) is 11.4. The zero-order valence-electron chi connectivity index (χ0n) is 19.9. The highest BCUT2D eigenvalue weighted by atomic mass is 19.3. The molecule has 0 bridgehead atoms. The fourth-order valence-electron chi connectivity index (χ4n) is 3.54. The number of aryl methyl sites for hydroxylation is 1. The maximum atomic E-state index is 14.4. The molecule has 0 atom stereocenters. The summed E-state index contributed by atoms with van der Waals surface area (Å²) >= 11 is 0. The van der Waals surface area contributed by atoms with Gasteiger partial charge in [0.2, 0.25) is 0 Å². The molecule has 10 heteroatoms. The van der Waals surface area contributed by atoms with E-state index >= 15 is 0 Å². The van der Waals surface area contributed by atoms with Crippen LogP contribution in [0.15, 0.2) is 66.5 Å². The molecule has 3 aromatic carbocycles. The molecule has 0 aliphatic heterocycles. The molecule has 0 amide bonds.